The van der Waals surface area contributed by atoms with Crippen LogP contribution in [0.5, 0.6) is 0 Å². The minimum atomic E-state index is 0.701. The summed E-state index contributed by atoms with van der Waals surface area (Å²) in [6.45, 7) is 1.41. The van der Waals surface area contributed by atoms with Gasteiger partial charge in [0.25, 0.3) is 0 Å². The molecule has 5 N–H and O–H groups in total. The van der Waals surface area contributed by atoms with E-state index in [1.165, 1.54) is 12.5 Å². The molecule has 138 valence electrons. The van der Waals surface area contributed by atoms with Crippen molar-refractivity contribution >= 4 is 28.8 Å². The predicted octanol–water partition coefficient (Wildman–Crippen LogP) is 2.32. The normalized spacial score (nSPS) is 11.2. The molecule has 0 aliphatic heterocycles. The summed E-state index contributed by atoms with van der Waals surface area (Å²) in [7, 11) is 1.95. The molecule has 0 saturated carbocycles. The molecule has 1 aromatic heterocycles. The highest BCUT2D eigenvalue weighted by Gasteiger charge is 2.09. The summed E-state index contributed by atoms with van der Waals surface area (Å²) >= 11 is 0. The fourth-order valence-corrected chi connectivity index (χ4v) is 2.76. The van der Waals surface area contributed by atoms with Crippen LogP contribution in [0.25, 0.3) is 5.57 Å². The van der Waals surface area contributed by atoms with E-state index in [0.29, 0.717) is 13.1 Å². The van der Waals surface area contributed by atoms with E-state index in [-0.39, 0.29) is 0 Å². The predicted molar refractivity (Wildman–Crippen MR) is 109 cm³/mol. The van der Waals surface area contributed by atoms with Crippen molar-refractivity contribution < 1.29 is 5.32 Å². The van der Waals surface area contributed by atoms with Crippen LogP contribution in [-0.2, 0) is 6.54 Å². The molecule has 0 fully saturated rings. The van der Waals surface area contributed by atoms with Gasteiger partial charge in [-0.15, -0.1) is 0 Å². The Hall–Kier alpha value is -3.45. The first kappa shape index (κ1) is 18.3. The van der Waals surface area contributed by atoms with Crippen molar-refractivity contribution in [2.75, 3.05) is 24.2 Å². The first-order valence-corrected chi connectivity index (χ1v) is 8.83. The van der Waals surface area contributed by atoms with Gasteiger partial charge in [0.1, 0.15) is 18.9 Å². The molecular weight excluding hydrogens is 338 g/mol. The Balaban J connectivity index is 1.83. The number of rotatable bonds is 9. The molecular formula is C20H24N7+. The third kappa shape index (κ3) is 5.02. The molecule has 0 bridgehead atoms. The smallest absolute Gasteiger partial charge is 0.137 e. The molecule has 0 amide bonds. The van der Waals surface area contributed by atoms with Gasteiger partial charge >= 0.3 is 0 Å². The molecule has 7 nitrogen and oxygen atoms in total. The maximum absolute atomic E-state index is 7.74. The van der Waals surface area contributed by atoms with Gasteiger partial charge in [0.2, 0.25) is 0 Å². The standard InChI is InChI=1S/C20H23N7/c1-22-13-16(12-21)19-8-7-18(26-17-5-3-2-4-6-17)11-20(19)24-9-10-27-15-23-14-25-27/h2-8,11-15,21-22,24,26H,9-10H2,1H3/p+1/b16-13+,21-12?. The minimum absolute atomic E-state index is 0.701. The lowest BCUT2D eigenvalue weighted by atomic mass is 10.0. The molecule has 0 saturated heterocycles. The van der Waals surface area contributed by atoms with Gasteiger partial charge in [0, 0.05) is 35.4 Å². The molecule has 3 aromatic rings. The highest BCUT2D eigenvalue weighted by Crippen LogP contribution is 2.27. The van der Waals surface area contributed by atoms with E-state index in [0.717, 1.165) is 28.2 Å². The van der Waals surface area contributed by atoms with Crippen LogP contribution in [0.4, 0.5) is 17.1 Å². The fourth-order valence-electron chi connectivity index (χ4n) is 2.76. The molecule has 1 heterocycles. The molecule has 0 aliphatic carbocycles. The lowest BCUT2D eigenvalue weighted by molar-refractivity contribution is -0.555. The average Bonchev–Trinajstić information content (AvgIpc) is 3.21. The van der Waals surface area contributed by atoms with E-state index in [1.807, 2.05) is 61.0 Å². The van der Waals surface area contributed by atoms with Crippen molar-refractivity contribution in [3.8, 4) is 0 Å². The molecule has 27 heavy (non-hydrogen) atoms. The molecule has 7 heteroatoms. The van der Waals surface area contributed by atoms with Crippen LogP contribution in [0.2, 0.25) is 0 Å². The second-order valence-electron chi connectivity index (χ2n) is 5.94. The van der Waals surface area contributed by atoms with Gasteiger partial charge < -0.3 is 21.4 Å². The summed E-state index contributed by atoms with van der Waals surface area (Å²) in [4.78, 5) is 3.96. The second kappa shape index (κ2) is 9.30. The van der Waals surface area contributed by atoms with Crippen LogP contribution in [-0.4, -0.2) is 34.6 Å². The van der Waals surface area contributed by atoms with Crippen LogP contribution in [0.3, 0.4) is 0 Å². The molecule has 3 rings (SSSR count). The third-order valence-electron chi connectivity index (χ3n) is 4.02. The van der Waals surface area contributed by atoms with Crippen molar-refractivity contribution in [3.05, 3.63) is 72.9 Å². The van der Waals surface area contributed by atoms with Crippen LogP contribution in [0, 0.1) is 5.41 Å². The van der Waals surface area contributed by atoms with Gasteiger partial charge in [-0.3, -0.25) is 4.68 Å². The fraction of sp³-hybridized carbons (Fsp3) is 0.150. The number of allylic oxidation sites excluding steroid dienone is 1. The van der Waals surface area contributed by atoms with E-state index in [9.17, 15) is 0 Å². The summed E-state index contributed by atoms with van der Waals surface area (Å²) in [6, 6.07) is 16.2. The lowest BCUT2D eigenvalue weighted by Crippen LogP contribution is -2.72. The van der Waals surface area contributed by atoms with Gasteiger partial charge in [-0.25, -0.2) is 4.98 Å². The number of aromatic nitrogens is 3. The number of benzene rings is 2. The number of nitrogens with zero attached hydrogens (tertiary/aromatic N) is 3. The first-order valence-electron chi connectivity index (χ1n) is 8.83. The summed E-state index contributed by atoms with van der Waals surface area (Å²) in [5.41, 5.74) is 4.82. The lowest BCUT2D eigenvalue weighted by Gasteiger charge is -2.15. The Morgan fingerprint density at radius 3 is 2.74 bits per heavy atom. The molecule has 0 spiro atoms. The maximum atomic E-state index is 7.74. The van der Waals surface area contributed by atoms with Gasteiger partial charge in [-0.1, -0.05) is 18.2 Å². The zero-order chi connectivity index (χ0) is 18.9. The Morgan fingerprint density at radius 2 is 2.04 bits per heavy atom. The van der Waals surface area contributed by atoms with Crippen LogP contribution in [0.15, 0.2) is 67.4 Å². The molecule has 0 radical (unpaired) electrons. The first-order chi connectivity index (χ1) is 13.3. The van der Waals surface area contributed by atoms with E-state index in [4.69, 9.17) is 5.41 Å². The Morgan fingerprint density at radius 1 is 1.19 bits per heavy atom. The van der Waals surface area contributed by atoms with E-state index in [1.54, 1.807) is 11.0 Å². The molecule has 2 aromatic carbocycles. The van der Waals surface area contributed by atoms with Crippen molar-refractivity contribution in [3.63, 3.8) is 0 Å². The SMILES string of the molecule is C[NH2+]/C=C(\C=N)c1ccc(Nc2ccccc2)cc1NCCn1cncn1. The van der Waals surface area contributed by atoms with Gasteiger partial charge in [-0.2, -0.15) is 5.10 Å². The summed E-state index contributed by atoms with van der Waals surface area (Å²) in [5.74, 6) is 0. The zero-order valence-electron chi connectivity index (χ0n) is 15.3. The highest BCUT2D eigenvalue weighted by atomic mass is 15.3. The van der Waals surface area contributed by atoms with Crippen LogP contribution < -0.4 is 16.0 Å². The zero-order valence-corrected chi connectivity index (χ0v) is 15.3. The summed E-state index contributed by atoms with van der Waals surface area (Å²) in [5, 5.41) is 20.7. The van der Waals surface area contributed by atoms with Crippen molar-refractivity contribution in [1.29, 1.82) is 5.41 Å². The topological polar surface area (TPSA) is 95.2 Å². The highest BCUT2D eigenvalue weighted by molar-refractivity contribution is 6.10. The Labute approximate surface area is 158 Å². The maximum Gasteiger partial charge on any atom is 0.137 e. The van der Waals surface area contributed by atoms with Gasteiger partial charge in [0.15, 0.2) is 0 Å². The quantitative estimate of drug-likeness (QED) is 0.439. The number of quaternary nitrogens is 1. The van der Waals surface area contributed by atoms with E-state index >= 15 is 0 Å². The Kier molecular flexibility index (Phi) is 6.32. The molecule has 0 aliphatic rings. The van der Waals surface area contributed by atoms with Crippen LogP contribution in [0.1, 0.15) is 5.56 Å². The number of hydrogen-bond donors (Lipinski definition) is 4. The number of nitrogens with two attached hydrogens (primary N) is 1. The van der Waals surface area contributed by atoms with Gasteiger partial charge in [0.05, 0.1) is 19.2 Å². The average molecular weight is 362 g/mol. The summed E-state index contributed by atoms with van der Waals surface area (Å²) in [6.07, 6.45) is 6.55. The second-order valence-corrected chi connectivity index (χ2v) is 5.94. The van der Waals surface area contributed by atoms with E-state index < -0.39 is 0 Å². The van der Waals surface area contributed by atoms with E-state index in [2.05, 4.69) is 26.8 Å². The van der Waals surface area contributed by atoms with Crippen molar-refractivity contribution in [2.24, 2.45) is 0 Å². The van der Waals surface area contributed by atoms with Crippen molar-refractivity contribution in [1.82, 2.24) is 14.8 Å². The summed E-state index contributed by atoms with van der Waals surface area (Å²) < 4.78 is 1.78. The molecule has 0 atom stereocenters. The van der Waals surface area contributed by atoms with Gasteiger partial charge in [-0.05, 0) is 30.3 Å². The number of hydrogen-bond acceptors (Lipinski definition) is 5. The monoisotopic (exact) mass is 362 g/mol. The number of nitrogens with one attached hydrogen (secondary N) is 3. The minimum Gasteiger partial charge on any atom is -0.383 e. The molecule has 0 unspecified atom stereocenters. The Bertz CT molecular complexity index is 886. The number of para-hydroxylation sites is 1. The van der Waals surface area contributed by atoms with Crippen molar-refractivity contribution in [2.45, 2.75) is 6.54 Å². The third-order valence-corrected chi connectivity index (χ3v) is 4.02. The van der Waals surface area contributed by atoms with Crippen LogP contribution >= 0.6 is 0 Å². The largest absolute Gasteiger partial charge is 0.383 e. The number of anilines is 3.